The van der Waals surface area contributed by atoms with E-state index in [-0.39, 0.29) is 6.03 Å². The number of carbonyl (C=O) groups is 1. The van der Waals surface area contributed by atoms with Crippen molar-refractivity contribution in [3.63, 3.8) is 0 Å². The fraction of sp³-hybridized carbons (Fsp3) is 0.444. The number of likely N-dealkylation sites (N-methyl/N-ethyl adjacent to an activating group) is 1. The number of nitrogens with zero attached hydrogens (tertiary/aromatic N) is 4. The van der Waals surface area contributed by atoms with Crippen molar-refractivity contribution >= 4 is 27.6 Å². The fourth-order valence-corrected chi connectivity index (χ4v) is 2.59. The van der Waals surface area contributed by atoms with E-state index in [0.717, 1.165) is 16.6 Å². The highest BCUT2D eigenvalue weighted by Gasteiger charge is 2.15. The number of halogens is 1. The van der Waals surface area contributed by atoms with Crippen molar-refractivity contribution in [2.75, 3.05) is 46.2 Å². The first-order valence-corrected chi connectivity index (χ1v) is 9.23. The normalized spacial score (nSPS) is 11.0. The Balaban J connectivity index is 2.01. The summed E-state index contributed by atoms with van der Waals surface area (Å²) in [6.07, 6.45) is 3.46. The van der Waals surface area contributed by atoms with Crippen LogP contribution in [0.25, 0.3) is 0 Å². The highest BCUT2D eigenvalue weighted by molar-refractivity contribution is 9.10. The van der Waals surface area contributed by atoms with Crippen LogP contribution in [0, 0.1) is 0 Å². The van der Waals surface area contributed by atoms with E-state index in [1.807, 2.05) is 38.4 Å². The number of rotatable bonds is 9. The van der Waals surface area contributed by atoms with Crippen LogP contribution < -0.4 is 5.32 Å². The summed E-state index contributed by atoms with van der Waals surface area (Å²) in [6.45, 7) is 3.19. The lowest BCUT2D eigenvalue weighted by Gasteiger charge is -2.24. The van der Waals surface area contributed by atoms with Crippen molar-refractivity contribution in [3.8, 4) is 0 Å². The SMILES string of the molecule is COCCn1cc(NC(=O)N(CCN(C)C)Cc2ccc(Br)cc2)cn1. The van der Waals surface area contributed by atoms with Crippen LogP contribution in [0.5, 0.6) is 0 Å². The average molecular weight is 424 g/mol. The Hall–Kier alpha value is -1.90. The van der Waals surface area contributed by atoms with E-state index in [1.54, 1.807) is 29.1 Å². The number of methoxy groups -OCH3 is 1. The number of aromatic nitrogens is 2. The second kappa shape index (κ2) is 10.3. The number of amides is 2. The predicted molar refractivity (Wildman–Crippen MR) is 106 cm³/mol. The molecule has 2 amide bonds. The van der Waals surface area contributed by atoms with Gasteiger partial charge in [-0.05, 0) is 31.8 Å². The van der Waals surface area contributed by atoms with E-state index in [9.17, 15) is 4.79 Å². The lowest BCUT2D eigenvalue weighted by molar-refractivity contribution is 0.183. The molecule has 0 aliphatic heterocycles. The number of carbonyl (C=O) groups excluding carboxylic acids is 1. The van der Waals surface area contributed by atoms with E-state index in [0.29, 0.717) is 31.9 Å². The first-order chi connectivity index (χ1) is 12.5. The monoisotopic (exact) mass is 423 g/mol. The summed E-state index contributed by atoms with van der Waals surface area (Å²) in [7, 11) is 5.64. The van der Waals surface area contributed by atoms with Gasteiger partial charge in [0.1, 0.15) is 0 Å². The number of hydrogen-bond donors (Lipinski definition) is 1. The molecule has 2 rings (SSSR count). The molecule has 0 aliphatic carbocycles. The number of ether oxygens (including phenoxy) is 1. The molecule has 1 aromatic heterocycles. The minimum absolute atomic E-state index is 0.138. The van der Waals surface area contributed by atoms with E-state index in [1.165, 1.54) is 0 Å². The minimum Gasteiger partial charge on any atom is -0.383 e. The molecule has 2 aromatic rings. The maximum absolute atomic E-state index is 12.7. The van der Waals surface area contributed by atoms with Crippen LogP contribution in [0.3, 0.4) is 0 Å². The molecule has 0 fully saturated rings. The van der Waals surface area contributed by atoms with E-state index in [4.69, 9.17) is 4.74 Å². The van der Waals surface area contributed by atoms with Gasteiger partial charge < -0.3 is 19.9 Å². The quantitative estimate of drug-likeness (QED) is 0.673. The first kappa shape index (κ1) is 20.4. The second-order valence-electron chi connectivity index (χ2n) is 6.27. The highest BCUT2D eigenvalue weighted by Crippen LogP contribution is 2.14. The smallest absolute Gasteiger partial charge is 0.322 e. The second-order valence-corrected chi connectivity index (χ2v) is 7.18. The molecule has 26 heavy (non-hydrogen) atoms. The zero-order valence-electron chi connectivity index (χ0n) is 15.5. The van der Waals surface area contributed by atoms with Gasteiger partial charge in [0.2, 0.25) is 0 Å². The minimum atomic E-state index is -0.138. The number of benzene rings is 1. The van der Waals surface area contributed by atoms with E-state index in [2.05, 4.69) is 31.2 Å². The molecule has 142 valence electrons. The largest absolute Gasteiger partial charge is 0.383 e. The van der Waals surface area contributed by atoms with Crippen LogP contribution in [-0.4, -0.2) is 66.5 Å². The van der Waals surface area contributed by atoms with Crippen LogP contribution in [0.15, 0.2) is 41.1 Å². The summed E-state index contributed by atoms with van der Waals surface area (Å²) in [5, 5.41) is 7.15. The Morgan fingerprint density at radius 2 is 2.00 bits per heavy atom. The molecule has 1 heterocycles. The predicted octanol–water partition coefficient (Wildman–Crippen LogP) is 2.89. The maximum atomic E-state index is 12.7. The van der Waals surface area contributed by atoms with E-state index >= 15 is 0 Å². The van der Waals surface area contributed by atoms with E-state index < -0.39 is 0 Å². The Kier molecular flexibility index (Phi) is 8.08. The Labute approximate surface area is 163 Å². The summed E-state index contributed by atoms with van der Waals surface area (Å²) < 4.78 is 7.81. The lowest BCUT2D eigenvalue weighted by Crippen LogP contribution is -2.38. The molecule has 0 aliphatic rings. The van der Waals surface area contributed by atoms with Crippen LogP contribution >= 0.6 is 15.9 Å². The van der Waals surface area contributed by atoms with Crippen molar-refractivity contribution < 1.29 is 9.53 Å². The Morgan fingerprint density at radius 1 is 1.27 bits per heavy atom. The molecule has 0 unspecified atom stereocenters. The van der Waals surface area contributed by atoms with Gasteiger partial charge >= 0.3 is 6.03 Å². The average Bonchev–Trinajstić information content (AvgIpc) is 3.05. The third-order valence-electron chi connectivity index (χ3n) is 3.80. The molecule has 0 radical (unpaired) electrons. The van der Waals surface area contributed by atoms with Gasteiger partial charge in [0, 0.05) is 37.4 Å². The van der Waals surface area contributed by atoms with Gasteiger partial charge in [0.15, 0.2) is 0 Å². The van der Waals surface area contributed by atoms with Gasteiger partial charge in [-0.1, -0.05) is 28.1 Å². The first-order valence-electron chi connectivity index (χ1n) is 8.44. The molecular formula is C18H26BrN5O2. The molecule has 0 saturated carbocycles. The zero-order chi connectivity index (χ0) is 18.9. The molecule has 8 heteroatoms. The number of hydrogen-bond acceptors (Lipinski definition) is 4. The van der Waals surface area contributed by atoms with Gasteiger partial charge in [0.05, 0.1) is 25.0 Å². The zero-order valence-corrected chi connectivity index (χ0v) is 17.1. The number of nitrogens with one attached hydrogen (secondary N) is 1. The van der Waals surface area contributed by atoms with Gasteiger partial charge in [-0.2, -0.15) is 5.10 Å². The highest BCUT2D eigenvalue weighted by atomic mass is 79.9. The van der Waals surface area contributed by atoms with Crippen LogP contribution in [0.4, 0.5) is 10.5 Å². The lowest BCUT2D eigenvalue weighted by atomic mass is 10.2. The summed E-state index contributed by atoms with van der Waals surface area (Å²) in [5.74, 6) is 0. The third kappa shape index (κ3) is 6.78. The van der Waals surface area contributed by atoms with Crippen molar-refractivity contribution in [2.24, 2.45) is 0 Å². The molecule has 7 nitrogen and oxygen atoms in total. The van der Waals surface area contributed by atoms with Gasteiger partial charge in [0.25, 0.3) is 0 Å². The van der Waals surface area contributed by atoms with Crippen molar-refractivity contribution in [1.82, 2.24) is 19.6 Å². The van der Waals surface area contributed by atoms with Crippen molar-refractivity contribution in [1.29, 1.82) is 0 Å². The molecule has 1 aromatic carbocycles. The van der Waals surface area contributed by atoms with Crippen molar-refractivity contribution in [2.45, 2.75) is 13.1 Å². The number of anilines is 1. The molecular weight excluding hydrogens is 398 g/mol. The summed E-state index contributed by atoms with van der Waals surface area (Å²) in [6, 6.07) is 7.86. The molecule has 0 saturated heterocycles. The third-order valence-corrected chi connectivity index (χ3v) is 4.33. The molecule has 0 bridgehead atoms. The summed E-state index contributed by atoms with van der Waals surface area (Å²) in [4.78, 5) is 16.6. The molecule has 0 spiro atoms. The standard InChI is InChI=1S/C18H26BrN5O2/c1-22(2)8-9-23(13-15-4-6-16(19)7-5-15)18(25)21-17-12-20-24(14-17)10-11-26-3/h4-7,12,14H,8-11,13H2,1-3H3,(H,21,25). The maximum Gasteiger partial charge on any atom is 0.322 e. The van der Waals surface area contributed by atoms with Crippen LogP contribution in [0.2, 0.25) is 0 Å². The molecule has 1 N–H and O–H groups in total. The topological polar surface area (TPSA) is 62.6 Å². The number of urea groups is 1. The van der Waals surface area contributed by atoms with Crippen molar-refractivity contribution in [3.05, 3.63) is 46.7 Å². The molecule has 0 atom stereocenters. The van der Waals surface area contributed by atoms with Gasteiger partial charge in [-0.15, -0.1) is 0 Å². The Bertz CT molecular complexity index is 687. The Morgan fingerprint density at radius 3 is 2.65 bits per heavy atom. The summed E-state index contributed by atoms with van der Waals surface area (Å²) in [5.41, 5.74) is 1.76. The van der Waals surface area contributed by atoms with Gasteiger partial charge in [-0.3, -0.25) is 4.68 Å². The van der Waals surface area contributed by atoms with Gasteiger partial charge in [-0.25, -0.2) is 4.79 Å². The fourth-order valence-electron chi connectivity index (χ4n) is 2.32. The van der Waals surface area contributed by atoms with Crippen LogP contribution in [-0.2, 0) is 17.8 Å². The van der Waals surface area contributed by atoms with Crippen LogP contribution in [0.1, 0.15) is 5.56 Å². The summed E-state index contributed by atoms with van der Waals surface area (Å²) >= 11 is 3.44.